The number of hydrogen-bond acceptors (Lipinski definition) is 2. The van der Waals surface area contributed by atoms with Crippen LogP contribution in [0.2, 0.25) is 0 Å². The van der Waals surface area contributed by atoms with Gasteiger partial charge in [0, 0.05) is 25.6 Å². The molecule has 90 valence electrons. The first-order valence-electron chi connectivity index (χ1n) is 6.04. The lowest BCUT2D eigenvalue weighted by Crippen LogP contribution is -2.36. The number of rotatable bonds is 7. The molecule has 0 aromatic heterocycles. The smallest absolute Gasteiger partial charge is 0.222 e. The summed E-state index contributed by atoms with van der Waals surface area (Å²) >= 11 is 0. The van der Waals surface area contributed by atoms with E-state index in [9.17, 15) is 4.79 Å². The van der Waals surface area contributed by atoms with Gasteiger partial charge in [-0.1, -0.05) is 13.8 Å². The van der Waals surface area contributed by atoms with E-state index in [-0.39, 0.29) is 11.9 Å². The average molecular weight is 214 g/mol. The Morgan fingerprint density at radius 1 is 1.33 bits per heavy atom. The molecule has 0 rings (SSSR count). The third-order valence-corrected chi connectivity index (χ3v) is 2.93. The van der Waals surface area contributed by atoms with Crippen LogP contribution in [-0.4, -0.2) is 29.9 Å². The topological polar surface area (TPSA) is 46.3 Å². The molecule has 0 saturated heterocycles. The third kappa shape index (κ3) is 5.78. The molecule has 1 amide bonds. The van der Waals surface area contributed by atoms with Crippen molar-refractivity contribution < 1.29 is 4.79 Å². The number of amides is 1. The van der Waals surface area contributed by atoms with Gasteiger partial charge in [-0.2, -0.15) is 0 Å². The second kappa shape index (κ2) is 7.69. The molecule has 2 N–H and O–H groups in total. The van der Waals surface area contributed by atoms with Gasteiger partial charge < -0.3 is 10.6 Å². The van der Waals surface area contributed by atoms with E-state index < -0.39 is 0 Å². The Labute approximate surface area is 94.0 Å². The van der Waals surface area contributed by atoms with Crippen molar-refractivity contribution in [1.29, 1.82) is 0 Å². The fourth-order valence-electron chi connectivity index (χ4n) is 1.79. The van der Waals surface area contributed by atoms with E-state index in [0.717, 1.165) is 25.7 Å². The van der Waals surface area contributed by atoms with Gasteiger partial charge in [0.15, 0.2) is 0 Å². The number of carbonyl (C=O) groups excluding carboxylic acids is 1. The molecule has 0 fully saturated rings. The van der Waals surface area contributed by atoms with Gasteiger partial charge in [0.1, 0.15) is 0 Å². The van der Waals surface area contributed by atoms with Gasteiger partial charge >= 0.3 is 0 Å². The third-order valence-electron chi connectivity index (χ3n) is 2.93. The molecule has 3 heteroatoms. The highest BCUT2D eigenvalue weighted by molar-refractivity contribution is 5.76. The number of hydrogen-bond donors (Lipinski definition) is 1. The lowest BCUT2D eigenvalue weighted by Gasteiger charge is -2.26. The molecule has 1 unspecified atom stereocenters. The van der Waals surface area contributed by atoms with Crippen molar-refractivity contribution in [2.75, 3.05) is 7.05 Å². The standard InChI is InChI=1S/C12H26N2O/c1-5-11(6-2)14(4)12(15)9-7-8-10(3)13/h10-11H,5-9,13H2,1-4H3. The Balaban J connectivity index is 3.87. The Bertz CT molecular complexity index is 176. The molecule has 0 heterocycles. The van der Waals surface area contributed by atoms with Gasteiger partial charge in [-0.15, -0.1) is 0 Å². The van der Waals surface area contributed by atoms with Crippen molar-refractivity contribution in [2.24, 2.45) is 5.73 Å². The van der Waals surface area contributed by atoms with Crippen LogP contribution in [0.5, 0.6) is 0 Å². The van der Waals surface area contributed by atoms with Crippen molar-refractivity contribution in [3.05, 3.63) is 0 Å². The van der Waals surface area contributed by atoms with Crippen molar-refractivity contribution in [3.63, 3.8) is 0 Å². The molecule has 0 aliphatic rings. The maximum atomic E-state index is 11.8. The number of nitrogens with zero attached hydrogens (tertiary/aromatic N) is 1. The fourth-order valence-corrected chi connectivity index (χ4v) is 1.79. The second-order valence-corrected chi connectivity index (χ2v) is 4.34. The predicted molar refractivity (Wildman–Crippen MR) is 64.6 cm³/mol. The van der Waals surface area contributed by atoms with Gasteiger partial charge in [0.05, 0.1) is 0 Å². The molecule has 0 aromatic rings. The highest BCUT2D eigenvalue weighted by Crippen LogP contribution is 2.09. The molecular weight excluding hydrogens is 188 g/mol. The minimum atomic E-state index is 0.205. The summed E-state index contributed by atoms with van der Waals surface area (Å²) in [5.74, 6) is 0.254. The van der Waals surface area contributed by atoms with E-state index in [0.29, 0.717) is 12.5 Å². The summed E-state index contributed by atoms with van der Waals surface area (Å²) in [6, 6.07) is 0.601. The minimum Gasteiger partial charge on any atom is -0.343 e. The molecule has 0 aliphatic heterocycles. The van der Waals surface area contributed by atoms with Crippen LogP contribution in [-0.2, 0) is 4.79 Å². The molecule has 0 bridgehead atoms. The summed E-state index contributed by atoms with van der Waals surface area (Å²) < 4.78 is 0. The summed E-state index contributed by atoms with van der Waals surface area (Å²) in [5.41, 5.74) is 5.64. The molecule has 0 radical (unpaired) electrons. The van der Waals surface area contributed by atoms with Crippen molar-refractivity contribution in [2.45, 2.75) is 65.0 Å². The molecule has 3 nitrogen and oxygen atoms in total. The summed E-state index contributed by atoms with van der Waals surface area (Å²) in [5, 5.41) is 0. The molecule has 0 aromatic carbocycles. The van der Waals surface area contributed by atoms with Crippen molar-refractivity contribution >= 4 is 5.91 Å². The Morgan fingerprint density at radius 3 is 2.27 bits per heavy atom. The van der Waals surface area contributed by atoms with E-state index in [1.165, 1.54) is 0 Å². The van der Waals surface area contributed by atoms with Crippen LogP contribution >= 0.6 is 0 Å². The summed E-state index contributed by atoms with van der Waals surface area (Å²) in [7, 11) is 1.91. The quantitative estimate of drug-likeness (QED) is 0.706. The number of nitrogens with two attached hydrogens (primary N) is 1. The summed E-state index contributed by atoms with van der Waals surface area (Å²) in [6.45, 7) is 6.23. The van der Waals surface area contributed by atoms with E-state index >= 15 is 0 Å². The first-order valence-corrected chi connectivity index (χ1v) is 6.04. The molecular formula is C12H26N2O. The van der Waals surface area contributed by atoms with Crippen LogP contribution < -0.4 is 5.73 Å². The Morgan fingerprint density at radius 2 is 1.87 bits per heavy atom. The zero-order valence-electron chi connectivity index (χ0n) is 10.6. The van der Waals surface area contributed by atoms with Crippen molar-refractivity contribution in [3.8, 4) is 0 Å². The fraction of sp³-hybridized carbons (Fsp3) is 0.917. The van der Waals surface area contributed by atoms with E-state index in [4.69, 9.17) is 5.73 Å². The van der Waals surface area contributed by atoms with E-state index in [2.05, 4.69) is 13.8 Å². The zero-order chi connectivity index (χ0) is 11.8. The summed E-state index contributed by atoms with van der Waals surface area (Å²) in [6.07, 6.45) is 4.54. The van der Waals surface area contributed by atoms with Crippen LogP contribution in [0, 0.1) is 0 Å². The van der Waals surface area contributed by atoms with E-state index in [1.807, 2.05) is 18.9 Å². The zero-order valence-corrected chi connectivity index (χ0v) is 10.6. The predicted octanol–water partition coefficient (Wildman–Crippen LogP) is 2.15. The Kier molecular flexibility index (Phi) is 7.39. The van der Waals surface area contributed by atoms with Crippen LogP contribution in [0.25, 0.3) is 0 Å². The van der Waals surface area contributed by atoms with Gasteiger partial charge in [0.25, 0.3) is 0 Å². The highest BCUT2D eigenvalue weighted by Gasteiger charge is 2.15. The Hall–Kier alpha value is -0.570. The SMILES string of the molecule is CCC(CC)N(C)C(=O)CCCC(C)N. The average Bonchev–Trinajstić information content (AvgIpc) is 2.18. The van der Waals surface area contributed by atoms with Gasteiger partial charge in [-0.3, -0.25) is 4.79 Å². The maximum Gasteiger partial charge on any atom is 0.222 e. The van der Waals surface area contributed by atoms with Gasteiger partial charge in [-0.05, 0) is 32.6 Å². The first kappa shape index (κ1) is 14.4. The largest absolute Gasteiger partial charge is 0.343 e. The van der Waals surface area contributed by atoms with Crippen LogP contribution in [0.1, 0.15) is 52.9 Å². The molecule has 15 heavy (non-hydrogen) atoms. The number of carbonyl (C=O) groups is 1. The maximum absolute atomic E-state index is 11.8. The van der Waals surface area contributed by atoms with Crippen LogP contribution in [0.3, 0.4) is 0 Å². The monoisotopic (exact) mass is 214 g/mol. The normalized spacial score (nSPS) is 12.9. The second-order valence-electron chi connectivity index (χ2n) is 4.34. The first-order chi connectivity index (χ1) is 7.02. The van der Waals surface area contributed by atoms with Gasteiger partial charge in [0.2, 0.25) is 5.91 Å². The van der Waals surface area contributed by atoms with Crippen molar-refractivity contribution in [1.82, 2.24) is 4.90 Å². The minimum absolute atomic E-state index is 0.205. The molecule has 0 aliphatic carbocycles. The molecule has 0 saturated carbocycles. The summed E-state index contributed by atoms with van der Waals surface area (Å²) in [4.78, 5) is 13.7. The van der Waals surface area contributed by atoms with Gasteiger partial charge in [-0.25, -0.2) is 0 Å². The lowest BCUT2D eigenvalue weighted by molar-refractivity contribution is -0.132. The van der Waals surface area contributed by atoms with E-state index in [1.54, 1.807) is 0 Å². The van der Waals surface area contributed by atoms with Crippen LogP contribution in [0.15, 0.2) is 0 Å². The lowest BCUT2D eigenvalue weighted by atomic mass is 10.1. The highest BCUT2D eigenvalue weighted by atomic mass is 16.2. The molecule has 1 atom stereocenters. The molecule has 0 spiro atoms. The van der Waals surface area contributed by atoms with Crippen LogP contribution in [0.4, 0.5) is 0 Å².